The van der Waals surface area contributed by atoms with Gasteiger partial charge < -0.3 is 5.32 Å². The van der Waals surface area contributed by atoms with E-state index in [1.165, 1.54) is 42.4 Å². The van der Waals surface area contributed by atoms with Crippen LogP contribution in [0.4, 0.5) is 0 Å². The van der Waals surface area contributed by atoms with Gasteiger partial charge in [0, 0.05) is 31.1 Å². The van der Waals surface area contributed by atoms with Crippen LogP contribution in [0.1, 0.15) is 61.0 Å². The normalized spacial score (nSPS) is 14.5. The lowest BCUT2D eigenvalue weighted by molar-refractivity contribution is -0.121. The van der Waals surface area contributed by atoms with Gasteiger partial charge in [-0.2, -0.15) is 5.10 Å². The molecule has 0 atom stereocenters. The minimum absolute atomic E-state index is 0.128. The molecule has 140 valence electrons. The second-order valence-corrected chi connectivity index (χ2v) is 7.42. The minimum Gasteiger partial charge on any atom is -0.356 e. The Labute approximate surface area is 155 Å². The molecule has 5 nitrogen and oxygen atoms in total. The lowest BCUT2D eigenvalue weighted by Gasteiger charge is -2.13. The third-order valence-corrected chi connectivity index (χ3v) is 5.49. The maximum absolute atomic E-state index is 12.2. The fourth-order valence-electron chi connectivity index (χ4n) is 4.05. The highest BCUT2D eigenvalue weighted by Crippen LogP contribution is 2.26. The van der Waals surface area contributed by atoms with Crippen molar-refractivity contribution in [3.8, 4) is 0 Å². The lowest BCUT2D eigenvalue weighted by atomic mass is 9.97. The van der Waals surface area contributed by atoms with E-state index in [0.29, 0.717) is 6.42 Å². The number of pyridine rings is 1. The SMILES string of the molecule is Cc1nc2c(c(C)nn2C)c(C)c1CCC(=O)NCCC1=CCCCC1. The molecule has 5 heteroatoms. The number of fused-ring (bicyclic) bond motifs is 1. The van der Waals surface area contributed by atoms with Gasteiger partial charge in [-0.15, -0.1) is 0 Å². The molecule has 2 aromatic heterocycles. The number of allylic oxidation sites excluding steroid dienone is 1. The van der Waals surface area contributed by atoms with Gasteiger partial charge in [0.25, 0.3) is 0 Å². The Morgan fingerprint density at radius 3 is 2.73 bits per heavy atom. The van der Waals surface area contributed by atoms with Crippen molar-refractivity contribution in [2.24, 2.45) is 7.05 Å². The first-order valence-corrected chi connectivity index (χ1v) is 9.71. The number of carbonyl (C=O) groups is 1. The fourth-order valence-corrected chi connectivity index (χ4v) is 4.05. The Kier molecular flexibility index (Phi) is 5.74. The van der Waals surface area contributed by atoms with E-state index in [1.807, 2.05) is 25.6 Å². The van der Waals surface area contributed by atoms with Gasteiger partial charge in [-0.1, -0.05) is 11.6 Å². The molecule has 0 aromatic carbocycles. The quantitative estimate of drug-likeness (QED) is 0.802. The Bertz CT molecular complexity index is 848. The van der Waals surface area contributed by atoms with Crippen molar-refractivity contribution in [3.63, 3.8) is 0 Å². The van der Waals surface area contributed by atoms with Crippen LogP contribution in [0.3, 0.4) is 0 Å². The summed E-state index contributed by atoms with van der Waals surface area (Å²) in [5.74, 6) is 0.128. The second kappa shape index (κ2) is 8.02. The Morgan fingerprint density at radius 2 is 2.00 bits per heavy atom. The molecule has 0 unspecified atom stereocenters. The summed E-state index contributed by atoms with van der Waals surface area (Å²) < 4.78 is 1.83. The van der Waals surface area contributed by atoms with E-state index in [9.17, 15) is 4.79 Å². The molecule has 0 saturated heterocycles. The largest absolute Gasteiger partial charge is 0.356 e. The van der Waals surface area contributed by atoms with Crippen LogP contribution in [0.5, 0.6) is 0 Å². The summed E-state index contributed by atoms with van der Waals surface area (Å²) in [6.45, 7) is 6.91. The van der Waals surface area contributed by atoms with Crippen molar-refractivity contribution in [2.75, 3.05) is 6.54 Å². The number of hydrogen-bond donors (Lipinski definition) is 1. The van der Waals surface area contributed by atoms with Crippen LogP contribution in [0.2, 0.25) is 0 Å². The van der Waals surface area contributed by atoms with Crippen molar-refractivity contribution in [3.05, 3.63) is 34.2 Å². The Hall–Kier alpha value is -2.17. The smallest absolute Gasteiger partial charge is 0.220 e. The third kappa shape index (κ3) is 3.97. The number of carbonyl (C=O) groups excluding carboxylic acids is 1. The van der Waals surface area contributed by atoms with Crippen molar-refractivity contribution in [2.45, 2.75) is 65.7 Å². The van der Waals surface area contributed by atoms with E-state index in [0.717, 1.165) is 41.8 Å². The van der Waals surface area contributed by atoms with E-state index in [1.54, 1.807) is 0 Å². The van der Waals surface area contributed by atoms with Gasteiger partial charge in [0.05, 0.1) is 5.69 Å². The summed E-state index contributed by atoms with van der Waals surface area (Å²) >= 11 is 0. The maximum atomic E-state index is 12.2. The van der Waals surface area contributed by atoms with Crippen LogP contribution < -0.4 is 5.32 Å². The summed E-state index contributed by atoms with van der Waals surface area (Å²) in [7, 11) is 1.93. The van der Waals surface area contributed by atoms with Gasteiger partial charge >= 0.3 is 0 Å². The predicted molar refractivity (Wildman–Crippen MR) is 105 cm³/mol. The fraction of sp³-hybridized carbons (Fsp3) is 0.571. The molecule has 1 N–H and O–H groups in total. The van der Waals surface area contributed by atoms with Crippen molar-refractivity contribution < 1.29 is 4.79 Å². The molecule has 0 aliphatic heterocycles. The monoisotopic (exact) mass is 354 g/mol. The van der Waals surface area contributed by atoms with E-state index in [2.05, 4.69) is 23.4 Å². The number of aromatic nitrogens is 3. The van der Waals surface area contributed by atoms with Gasteiger partial charge in [0.1, 0.15) is 0 Å². The van der Waals surface area contributed by atoms with Crippen LogP contribution in [0.25, 0.3) is 11.0 Å². The molecule has 1 aliphatic rings. The van der Waals surface area contributed by atoms with Crippen LogP contribution in [-0.2, 0) is 18.3 Å². The first kappa shape index (κ1) is 18.6. The van der Waals surface area contributed by atoms with Crippen LogP contribution in [0, 0.1) is 20.8 Å². The molecular weight excluding hydrogens is 324 g/mol. The van der Waals surface area contributed by atoms with E-state index < -0.39 is 0 Å². The van der Waals surface area contributed by atoms with Gasteiger partial charge in [-0.25, -0.2) is 4.98 Å². The summed E-state index contributed by atoms with van der Waals surface area (Å²) in [6, 6.07) is 0. The molecule has 1 amide bonds. The molecule has 2 aromatic rings. The van der Waals surface area contributed by atoms with Crippen molar-refractivity contribution >= 4 is 16.9 Å². The molecule has 0 spiro atoms. The first-order valence-electron chi connectivity index (χ1n) is 9.71. The number of nitrogens with zero attached hydrogens (tertiary/aromatic N) is 3. The molecule has 2 heterocycles. The highest BCUT2D eigenvalue weighted by molar-refractivity contribution is 5.84. The summed E-state index contributed by atoms with van der Waals surface area (Å²) in [4.78, 5) is 17.0. The molecule has 3 rings (SSSR count). The minimum atomic E-state index is 0.128. The highest BCUT2D eigenvalue weighted by atomic mass is 16.1. The number of aryl methyl sites for hydroxylation is 4. The third-order valence-electron chi connectivity index (χ3n) is 5.49. The zero-order chi connectivity index (χ0) is 18.7. The summed E-state index contributed by atoms with van der Waals surface area (Å²) in [6.07, 6.45) is 9.57. The summed E-state index contributed by atoms with van der Waals surface area (Å²) in [5, 5.41) is 8.68. The zero-order valence-electron chi connectivity index (χ0n) is 16.5. The number of hydrogen-bond acceptors (Lipinski definition) is 3. The zero-order valence-corrected chi connectivity index (χ0v) is 16.5. The predicted octanol–water partition coefficient (Wildman–Crippen LogP) is 3.83. The molecule has 0 fully saturated rings. The Morgan fingerprint density at radius 1 is 1.19 bits per heavy atom. The van der Waals surface area contributed by atoms with Gasteiger partial charge in [0.15, 0.2) is 5.65 Å². The van der Waals surface area contributed by atoms with Crippen LogP contribution in [0.15, 0.2) is 11.6 Å². The molecule has 26 heavy (non-hydrogen) atoms. The van der Waals surface area contributed by atoms with Crippen molar-refractivity contribution in [1.29, 1.82) is 0 Å². The Balaban J connectivity index is 1.59. The molecule has 0 radical (unpaired) electrons. The van der Waals surface area contributed by atoms with E-state index in [-0.39, 0.29) is 5.91 Å². The van der Waals surface area contributed by atoms with Gasteiger partial charge in [-0.3, -0.25) is 9.48 Å². The first-order chi connectivity index (χ1) is 12.5. The van der Waals surface area contributed by atoms with Gasteiger partial charge in [-0.05, 0) is 70.4 Å². The second-order valence-electron chi connectivity index (χ2n) is 7.42. The highest BCUT2D eigenvalue weighted by Gasteiger charge is 2.16. The summed E-state index contributed by atoms with van der Waals surface area (Å²) in [5.41, 5.74) is 6.81. The van der Waals surface area contributed by atoms with Gasteiger partial charge in [0.2, 0.25) is 5.91 Å². The van der Waals surface area contributed by atoms with E-state index in [4.69, 9.17) is 4.98 Å². The molecule has 0 bridgehead atoms. The van der Waals surface area contributed by atoms with Crippen LogP contribution in [-0.4, -0.2) is 27.2 Å². The standard InChI is InChI=1S/C21H30N4O/c1-14-18(15(2)23-21-20(14)16(3)24-25(21)4)10-11-19(26)22-13-12-17-8-6-5-7-9-17/h8H,5-7,9-13H2,1-4H3,(H,22,26). The van der Waals surface area contributed by atoms with E-state index >= 15 is 0 Å². The number of amides is 1. The molecule has 1 aliphatic carbocycles. The average molecular weight is 354 g/mol. The average Bonchev–Trinajstić information content (AvgIpc) is 2.89. The lowest BCUT2D eigenvalue weighted by Crippen LogP contribution is -2.25. The number of rotatable bonds is 6. The molecular formula is C21H30N4O. The molecule has 0 saturated carbocycles. The topological polar surface area (TPSA) is 59.8 Å². The van der Waals surface area contributed by atoms with Crippen molar-refractivity contribution in [1.82, 2.24) is 20.1 Å². The number of nitrogens with one attached hydrogen (secondary N) is 1. The van der Waals surface area contributed by atoms with Crippen LogP contribution >= 0.6 is 0 Å². The maximum Gasteiger partial charge on any atom is 0.220 e.